The molecule has 0 spiro atoms. The predicted molar refractivity (Wildman–Crippen MR) is 98.7 cm³/mol. The smallest absolute Gasteiger partial charge is 0.252 e. The topological polar surface area (TPSA) is 87.6 Å². The zero-order valence-electron chi connectivity index (χ0n) is 15.0. The van der Waals surface area contributed by atoms with Crippen LogP contribution >= 0.6 is 0 Å². The number of aromatic nitrogens is 1. The zero-order chi connectivity index (χ0) is 17.7. The molecule has 0 aliphatic heterocycles. The van der Waals surface area contributed by atoms with E-state index < -0.39 is 0 Å². The molecule has 1 heterocycles. The first-order valence-electron chi connectivity index (χ1n) is 9.07. The number of rotatable bonds is 11. The van der Waals surface area contributed by atoms with E-state index in [0.717, 1.165) is 44.6 Å². The fourth-order valence-corrected chi connectivity index (χ4v) is 2.19. The molecule has 138 valence electrons. The van der Waals surface area contributed by atoms with Gasteiger partial charge in [0, 0.05) is 51.8 Å². The van der Waals surface area contributed by atoms with Gasteiger partial charge < -0.3 is 20.7 Å². The van der Waals surface area contributed by atoms with Gasteiger partial charge in [0.25, 0.3) is 5.91 Å². The second-order valence-electron chi connectivity index (χ2n) is 6.06. The van der Waals surface area contributed by atoms with Crippen LogP contribution in [0.4, 0.5) is 0 Å². The molecule has 1 amide bonds. The van der Waals surface area contributed by atoms with Crippen LogP contribution in [0.25, 0.3) is 0 Å². The van der Waals surface area contributed by atoms with Gasteiger partial charge in [-0.2, -0.15) is 0 Å². The van der Waals surface area contributed by atoms with Crippen molar-refractivity contribution < 1.29 is 9.53 Å². The SMILES string of the molecule is CCNC(=NCCCOCC1CC1)NCCNC(=O)c1cccnc1. The highest BCUT2D eigenvalue weighted by Crippen LogP contribution is 2.28. The Kier molecular flexibility index (Phi) is 8.75. The van der Waals surface area contributed by atoms with Crippen LogP contribution in [0.15, 0.2) is 29.5 Å². The normalized spacial score (nSPS) is 14.2. The van der Waals surface area contributed by atoms with Gasteiger partial charge in [-0.15, -0.1) is 0 Å². The average molecular weight is 347 g/mol. The van der Waals surface area contributed by atoms with Crippen LogP contribution in [0.5, 0.6) is 0 Å². The second-order valence-corrected chi connectivity index (χ2v) is 6.06. The number of aliphatic imine (C=N–C) groups is 1. The van der Waals surface area contributed by atoms with Crippen LogP contribution in [-0.4, -0.2) is 56.2 Å². The lowest BCUT2D eigenvalue weighted by Gasteiger charge is -2.12. The minimum absolute atomic E-state index is 0.121. The minimum Gasteiger partial charge on any atom is -0.381 e. The summed E-state index contributed by atoms with van der Waals surface area (Å²) in [6, 6.07) is 3.49. The van der Waals surface area contributed by atoms with E-state index >= 15 is 0 Å². The summed E-state index contributed by atoms with van der Waals surface area (Å²) in [5.74, 6) is 1.45. The van der Waals surface area contributed by atoms with Gasteiger partial charge in [-0.25, -0.2) is 0 Å². The molecule has 1 saturated carbocycles. The fraction of sp³-hybridized carbons (Fsp3) is 0.611. The van der Waals surface area contributed by atoms with E-state index in [9.17, 15) is 4.79 Å². The molecule has 0 bridgehead atoms. The summed E-state index contributed by atoms with van der Waals surface area (Å²) in [7, 11) is 0. The van der Waals surface area contributed by atoms with Crippen LogP contribution < -0.4 is 16.0 Å². The quantitative estimate of drug-likeness (QED) is 0.318. The maximum Gasteiger partial charge on any atom is 0.252 e. The Morgan fingerprint density at radius 3 is 2.88 bits per heavy atom. The van der Waals surface area contributed by atoms with Crippen molar-refractivity contribution in [1.82, 2.24) is 20.9 Å². The summed E-state index contributed by atoms with van der Waals surface area (Å²) in [4.78, 5) is 20.4. The van der Waals surface area contributed by atoms with E-state index in [1.807, 2.05) is 6.92 Å². The van der Waals surface area contributed by atoms with Gasteiger partial charge in [0.2, 0.25) is 0 Å². The molecule has 1 aromatic rings. The molecule has 0 saturated heterocycles. The summed E-state index contributed by atoms with van der Waals surface area (Å²) in [6.45, 7) is 6.34. The van der Waals surface area contributed by atoms with Crippen LogP contribution in [0.1, 0.15) is 36.5 Å². The van der Waals surface area contributed by atoms with Crippen LogP contribution in [-0.2, 0) is 4.74 Å². The first-order valence-corrected chi connectivity index (χ1v) is 9.07. The molecule has 1 aliphatic carbocycles. The number of pyridine rings is 1. The fourth-order valence-electron chi connectivity index (χ4n) is 2.19. The first-order chi connectivity index (χ1) is 12.3. The maximum absolute atomic E-state index is 11.9. The predicted octanol–water partition coefficient (Wildman–Crippen LogP) is 1.18. The van der Waals surface area contributed by atoms with E-state index in [1.54, 1.807) is 24.5 Å². The molecule has 7 heteroatoms. The number of carbonyl (C=O) groups is 1. The monoisotopic (exact) mass is 347 g/mol. The van der Waals surface area contributed by atoms with Crippen molar-refractivity contribution in [2.24, 2.45) is 10.9 Å². The largest absolute Gasteiger partial charge is 0.381 e. The highest BCUT2D eigenvalue weighted by molar-refractivity contribution is 5.93. The summed E-state index contributed by atoms with van der Waals surface area (Å²) >= 11 is 0. The first kappa shape index (κ1) is 19.2. The van der Waals surface area contributed by atoms with Crippen molar-refractivity contribution >= 4 is 11.9 Å². The van der Waals surface area contributed by atoms with E-state index in [1.165, 1.54) is 12.8 Å². The Bertz CT molecular complexity index is 532. The molecule has 7 nitrogen and oxygen atoms in total. The molecule has 0 radical (unpaired) electrons. The lowest BCUT2D eigenvalue weighted by Crippen LogP contribution is -2.41. The van der Waals surface area contributed by atoms with Crippen molar-refractivity contribution in [1.29, 1.82) is 0 Å². The molecule has 0 atom stereocenters. The molecule has 0 unspecified atom stereocenters. The van der Waals surface area contributed by atoms with Gasteiger partial charge in [-0.3, -0.25) is 14.8 Å². The van der Waals surface area contributed by atoms with Gasteiger partial charge >= 0.3 is 0 Å². The van der Waals surface area contributed by atoms with Crippen LogP contribution in [0.3, 0.4) is 0 Å². The van der Waals surface area contributed by atoms with Crippen molar-refractivity contribution in [2.45, 2.75) is 26.2 Å². The molecule has 0 aromatic carbocycles. The highest BCUT2D eigenvalue weighted by atomic mass is 16.5. The van der Waals surface area contributed by atoms with Crippen LogP contribution in [0, 0.1) is 5.92 Å². The number of guanidine groups is 1. The van der Waals surface area contributed by atoms with Gasteiger partial charge in [-0.05, 0) is 44.2 Å². The van der Waals surface area contributed by atoms with E-state index in [0.29, 0.717) is 18.7 Å². The average Bonchev–Trinajstić information content (AvgIpc) is 3.46. The molecule has 2 rings (SSSR count). The zero-order valence-corrected chi connectivity index (χ0v) is 15.0. The summed E-state index contributed by atoms with van der Waals surface area (Å²) in [5.41, 5.74) is 0.564. The second kappa shape index (κ2) is 11.4. The summed E-state index contributed by atoms with van der Waals surface area (Å²) in [5, 5.41) is 9.26. The molecule has 25 heavy (non-hydrogen) atoms. The van der Waals surface area contributed by atoms with Crippen molar-refractivity contribution in [3.05, 3.63) is 30.1 Å². The van der Waals surface area contributed by atoms with E-state index in [-0.39, 0.29) is 5.91 Å². The number of hydrogen-bond donors (Lipinski definition) is 3. The summed E-state index contributed by atoms with van der Waals surface area (Å²) < 4.78 is 5.60. The number of hydrogen-bond acceptors (Lipinski definition) is 4. The Balaban J connectivity index is 1.57. The molecular formula is C18H29N5O2. The number of ether oxygens (including phenoxy) is 1. The molecule has 1 fully saturated rings. The number of amides is 1. The molecule has 1 aliphatic rings. The third kappa shape index (κ3) is 8.49. The van der Waals surface area contributed by atoms with E-state index in [4.69, 9.17) is 4.74 Å². The lowest BCUT2D eigenvalue weighted by atomic mass is 10.3. The standard InChI is InChI=1S/C18H29N5O2/c1-2-20-18(22-9-4-12-25-14-15-6-7-15)23-11-10-21-17(24)16-5-3-8-19-13-16/h3,5,8,13,15H,2,4,6-7,9-12,14H2,1H3,(H,21,24)(H2,20,22,23). The van der Waals surface area contributed by atoms with Gasteiger partial charge in [0.1, 0.15) is 0 Å². The maximum atomic E-state index is 11.9. The Morgan fingerprint density at radius 1 is 1.32 bits per heavy atom. The van der Waals surface area contributed by atoms with Crippen molar-refractivity contribution in [3.63, 3.8) is 0 Å². The lowest BCUT2D eigenvalue weighted by molar-refractivity contribution is 0.0954. The number of nitrogens with zero attached hydrogens (tertiary/aromatic N) is 2. The molecule has 3 N–H and O–H groups in total. The number of nitrogens with one attached hydrogen (secondary N) is 3. The number of carbonyl (C=O) groups excluding carboxylic acids is 1. The van der Waals surface area contributed by atoms with Crippen molar-refractivity contribution in [2.75, 3.05) is 39.4 Å². The molecule has 1 aromatic heterocycles. The Labute approximate surface area is 149 Å². The third-order valence-corrected chi connectivity index (χ3v) is 3.74. The van der Waals surface area contributed by atoms with Crippen molar-refractivity contribution in [3.8, 4) is 0 Å². The minimum atomic E-state index is -0.121. The van der Waals surface area contributed by atoms with Gasteiger partial charge in [0.05, 0.1) is 5.56 Å². The Hall–Kier alpha value is -2.15. The molecular weight excluding hydrogens is 318 g/mol. The highest BCUT2D eigenvalue weighted by Gasteiger charge is 2.20. The van der Waals surface area contributed by atoms with E-state index in [2.05, 4.69) is 25.9 Å². The van der Waals surface area contributed by atoms with Crippen LogP contribution in [0.2, 0.25) is 0 Å². The Morgan fingerprint density at radius 2 is 2.16 bits per heavy atom. The third-order valence-electron chi connectivity index (χ3n) is 3.74. The summed E-state index contributed by atoms with van der Waals surface area (Å²) in [6.07, 6.45) is 6.77. The van der Waals surface area contributed by atoms with Gasteiger partial charge in [-0.1, -0.05) is 0 Å². The van der Waals surface area contributed by atoms with Gasteiger partial charge in [0.15, 0.2) is 5.96 Å².